The van der Waals surface area contributed by atoms with Crippen LogP contribution in [0.1, 0.15) is 68.3 Å². The van der Waals surface area contributed by atoms with Crippen LogP contribution in [0.2, 0.25) is 0 Å². The second-order valence-corrected chi connectivity index (χ2v) is 8.67. The number of hydrogen-bond donors (Lipinski definition) is 2. The summed E-state index contributed by atoms with van der Waals surface area (Å²) in [5, 5.41) is 3.72. The topological polar surface area (TPSA) is 80.4 Å². The van der Waals surface area contributed by atoms with Crippen LogP contribution in [0.5, 0.6) is 5.75 Å². The third kappa shape index (κ3) is 7.65. The molecule has 0 aliphatic rings. The van der Waals surface area contributed by atoms with E-state index >= 15 is 0 Å². The number of fused-ring (bicyclic) bond motifs is 1. The molecule has 34 heavy (non-hydrogen) atoms. The maximum atomic E-state index is 13.2. The van der Waals surface area contributed by atoms with E-state index in [9.17, 15) is 9.59 Å². The van der Waals surface area contributed by atoms with Crippen LogP contribution in [0.3, 0.4) is 0 Å². The predicted molar refractivity (Wildman–Crippen MR) is 135 cm³/mol. The van der Waals surface area contributed by atoms with E-state index in [-0.39, 0.29) is 18.3 Å². The summed E-state index contributed by atoms with van der Waals surface area (Å²) in [4.78, 5) is 28.4. The third-order valence-corrected chi connectivity index (χ3v) is 5.93. The van der Waals surface area contributed by atoms with Gasteiger partial charge in [0.05, 0.1) is 6.61 Å². The van der Waals surface area contributed by atoms with Gasteiger partial charge in [-0.25, -0.2) is 4.79 Å². The average molecular weight is 465 g/mol. The molecule has 1 aromatic heterocycles. The molecule has 2 aromatic carbocycles. The molecule has 0 bridgehead atoms. The van der Waals surface area contributed by atoms with Crippen molar-refractivity contribution in [2.24, 2.45) is 5.92 Å². The number of Topliss-reactive ketones (excluding diaryl/α,β-unsaturated/α-hetero) is 1. The summed E-state index contributed by atoms with van der Waals surface area (Å²) in [7, 11) is 0. The van der Waals surface area contributed by atoms with Gasteiger partial charge in [0.15, 0.2) is 5.78 Å². The van der Waals surface area contributed by atoms with Crippen molar-refractivity contribution < 1.29 is 19.1 Å². The Hall–Kier alpha value is -3.28. The average Bonchev–Trinajstić information content (AvgIpc) is 3.27. The highest BCUT2D eigenvalue weighted by Crippen LogP contribution is 2.27. The number of carbonyl (C=O) groups is 2. The van der Waals surface area contributed by atoms with Crippen molar-refractivity contribution in [3.05, 3.63) is 65.9 Å². The van der Waals surface area contributed by atoms with Crippen molar-refractivity contribution >= 4 is 22.8 Å². The van der Waals surface area contributed by atoms with E-state index in [0.29, 0.717) is 25.1 Å². The molecule has 1 atom stereocenters. The fourth-order valence-corrected chi connectivity index (χ4v) is 4.04. The minimum atomic E-state index is -0.433. The van der Waals surface area contributed by atoms with Crippen LogP contribution in [0.25, 0.3) is 10.9 Å². The molecule has 3 aromatic rings. The van der Waals surface area contributed by atoms with Gasteiger partial charge >= 0.3 is 6.09 Å². The molecule has 1 unspecified atom stereocenters. The van der Waals surface area contributed by atoms with Crippen molar-refractivity contribution in [3.8, 4) is 5.75 Å². The van der Waals surface area contributed by atoms with Crippen LogP contribution >= 0.6 is 0 Å². The molecule has 182 valence electrons. The molecular formula is C28H36N2O4. The first-order valence-electron chi connectivity index (χ1n) is 12.3. The number of benzene rings is 2. The highest BCUT2D eigenvalue weighted by molar-refractivity contribution is 6.08. The lowest BCUT2D eigenvalue weighted by atomic mass is 9.91. The molecule has 6 heteroatoms. The lowest BCUT2D eigenvalue weighted by Crippen LogP contribution is -2.27. The monoisotopic (exact) mass is 464 g/mol. The summed E-state index contributed by atoms with van der Waals surface area (Å²) < 4.78 is 11.1. The number of nitrogens with one attached hydrogen (secondary N) is 2. The Labute approximate surface area is 202 Å². The van der Waals surface area contributed by atoms with Crippen LogP contribution < -0.4 is 10.1 Å². The summed E-state index contributed by atoms with van der Waals surface area (Å²) >= 11 is 0. The summed E-state index contributed by atoms with van der Waals surface area (Å²) in [6.45, 7) is 5.65. The smallest absolute Gasteiger partial charge is 0.407 e. The fourth-order valence-electron chi connectivity index (χ4n) is 4.04. The van der Waals surface area contributed by atoms with Gasteiger partial charge in [0.2, 0.25) is 0 Å². The first-order chi connectivity index (χ1) is 16.6. The molecule has 0 saturated carbocycles. The number of carbonyl (C=O) groups excluding carboxylic acids is 2. The Morgan fingerprint density at radius 2 is 1.85 bits per heavy atom. The van der Waals surface area contributed by atoms with Gasteiger partial charge in [-0.2, -0.15) is 0 Å². The quantitative estimate of drug-likeness (QED) is 0.207. The van der Waals surface area contributed by atoms with E-state index in [1.807, 2.05) is 48.5 Å². The number of aromatic amines is 1. The van der Waals surface area contributed by atoms with Crippen molar-refractivity contribution in [3.63, 3.8) is 0 Å². The zero-order valence-electron chi connectivity index (χ0n) is 20.3. The number of hydrogen-bond acceptors (Lipinski definition) is 4. The highest BCUT2D eigenvalue weighted by Gasteiger charge is 2.18. The summed E-state index contributed by atoms with van der Waals surface area (Å²) in [6.07, 6.45) is 6.54. The minimum absolute atomic E-state index is 0.113. The number of ketones is 1. The van der Waals surface area contributed by atoms with Crippen LogP contribution in [0.15, 0.2) is 54.7 Å². The normalized spacial score (nSPS) is 11.8. The molecular weight excluding hydrogens is 428 g/mol. The van der Waals surface area contributed by atoms with Gasteiger partial charge in [-0.15, -0.1) is 0 Å². The first-order valence-corrected chi connectivity index (χ1v) is 12.3. The van der Waals surface area contributed by atoms with Gasteiger partial charge in [-0.05, 0) is 42.5 Å². The van der Waals surface area contributed by atoms with E-state index in [1.165, 1.54) is 0 Å². The zero-order chi connectivity index (χ0) is 24.2. The number of rotatable bonds is 14. The van der Waals surface area contributed by atoms with Crippen LogP contribution in [-0.4, -0.2) is 30.0 Å². The van der Waals surface area contributed by atoms with E-state index in [2.05, 4.69) is 24.1 Å². The molecule has 0 aliphatic carbocycles. The fraction of sp³-hybridized carbons (Fsp3) is 0.429. The van der Waals surface area contributed by atoms with E-state index in [0.717, 1.165) is 54.3 Å². The number of ether oxygens (including phenoxy) is 2. The number of amides is 1. The van der Waals surface area contributed by atoms with Crippen molar-refractivity contribution in [1.82, 2.24) is 10.3 Å². The maximum Gasteiger partial charge on any atom is 0.407 e. The van der Waals surface area contributed by atoms with Crippen molar-refractivity contribution in [1.29, 1.82) is 0 Å². The van der Waals surface area contributed by atoms with Gasteiger partial charge in [-0.3, -0.25) is 4.79 Å². The number of aromatic nitrogens is 1. The van der Waals surface area contributed by atoms with E-state index in [1.54, 1.807) is 6.20 Å². The molecule has 6 nitrogen and oxygen atoms in total. The Bertz CT molecular complexity index is 1050. The number of alkyl carbamates (subject to hydrolysis) is 1. The maximum absolute atomic E-state index is 13.2. The van der Waals surface area contributed by atoms with E-state index in [4.69, 9.17) is 9.47 Å². The van der Waals surface area contributed by atoms with Crippen LogP contribution in [0, 0.1) is 5.92 Å². The number of H-pyrrole nitrogens is 1. The van der Waals surface area contributed by atoms with Crippen molar-refractivity contribution in [2.45, 2.75) is 59.0 Å². The molecule has 0 fully saturated rings. The molecule has 0 radical (unpaired) electrons. The summed E-state index contributed by atoms with van der Waals surface area (Å²) in [5.74, 6) is 1.10. The van der Waals surface area contributed by atoms with Gasteiger partial charge < -0.3 is 19.8 Å². The Kier molecular flexibility index (Phi) is 10.0. The second-order valence-electron chi connectivity index (χ2n) is 8.67. The molecule has 3 rings (SSSR count). The van der Waals surface area contributed by atoms with Crippen LogP contribution in [0.4, 0.5) is 4.79 Å². The Morgan fingerprint density at radius 3 is 2.62 bits per heavy atom. The Balaban J connectivity index is 1.52. The standard InChI is InChI=1S/C28H36N2O4/c1-3-5-16-33-23-12-13-26-24(18-23)25(19-30-26)27(31)17-21(9-4-2)14-15-29-28(32)34-20-22-10-7-6-8-11-22/h6-8,10-13,18-19,21,30H,3-5,9,14-17,20H2,1-2H3,(H,29,32). The predicted octanol–water partition coefficient (Wildman–Crippen LogP) is 6.65. The highest BCUT2D eigenvalue weighted by atomic mass is 16.5. The van der Waals surface area contributed by atoms with E-state index < -0.39 is 6.09 Å². The largest absolute Gasteiger partial charge is 0.494 e. The molecule has 2 N–H and O–H groups in total. The van der Waals surface area contributed by atoms with Gasteiger partial charge in [0.25, 0.3) is 0 Å². The molecule has 1 heterocycles. The first kappa shape index (κ1) is 25.3. The van der Waals surface area contributed by atoms with Crippen LogP contribution in [-0.2, 0) is 11.3 Å². The minimum Gasteiger partial charge on any atom is -0.494 e. The second kappa shape index (κ2) is 13.4. The zero-order valence-corrected chi connectivity index (χ0v) is 20.3. The number of unbranched alkanes of at least 4 members (excludes halogenated alkanes) is 1. The van der Waals surface area contributed by atoms with Crippen molar-refractivity contribution in [2.75, 3.05) is 13.2 Å². The lowest BCUT2D eigenvalue weighted by Gasteiger charge is -2.16. The molecule has 0 aliphatic heterocycles. The summed E-state index contributed by atoms with van der Waals surface area (Å²) in [6, 6.07) is 15.4. The molecule has 1 amide bonds. The van der Waals surface area contributed by atoms with Gasteiger partial charge in [0, 0.05) is 35.6 Å². The van der Waals surface area contributed by atoms with Gasteiger partial charge in [-0.1, -0.05) is 63.4 Å². The lowest BCUT2D eigenvalue weighted by molar-refractivity contribution is 0.0958. The summed E-state index contributed by atoms with van der Waals surface area (Å²) in [5.41, 5.74) is 2.58. The molecule has 0 spiro atoms. The Morgan fingerprint density at radius 1 is 1.03 bits per heavy atom. The van der Waals surface area contributed by atoms with Gasteiger partial charge in [0.1, 0.15) is 12.4 Å². The SMILES string of the molecule is CCCCOc1ccc2[nH]cc(C(=O)CC(CCC)CCNC(=O)OCc3ccccc3)c2c1. The third-order valence-electron chi connectivity index (χ3n) is 5.93. The molecule has 0 saturated heterocycles.